The van der Waals surface area contributed by atoms with E-state index in [0.717, 1.165) is 71.1 Å². The molecular weight excluding hydrogens is 767 g/mol. The Hall–Kier alpha value is -6.45. The minimum Gasteiger partial charge on any atom is -0.508 e. The summed E-state index contributed by atoms with van der Waals surface area (Å²) < 4.78 is 13.2. The van der Waals surface area contributed by atoms with Gasteiger partial charge in [-0.1, -0.05) is 27.7 Å². The number of fused-ring (bicyclic) bond motifs is 5. The normalized spacial score (nSPS) is 17.3. The lowest BCUT2D eigenvalue weighted by Crippen LogP contribution is -2.47. The van der Waals surface area contributed by atoms with Gasteiger partial charge < -0.3 is 40.0 Å². The number of nitrogens with one attached hydrogen (secondary N) is 1. The Kier molecular flexibility index (Phi) is 10.5. The summed E-state index contributed by atoms with van der Waals surface area (Å²) >= 11 is 0. The standard InChI is InChI=1S/C45H49N7O8/c1-5-29-31-19-28(11-12-36(31)48-40-33(29)23-51-37(40)21-35-34(42(51)55)24-60-43(56)45(35,58)6-2)59-18-17-49-13-15-50(16-14-49)26-7-9-27(10-8-26)52(44(47)57)41(46)32-20-30(25(3)4)38(53)22-39(32)54/h7-12,19-22,25,46,53-54,58H,5-6,13-18,23-24H2,1-4H3,(H2,47,57). The number of aryl methyl sites for hydroxylation is 1. The average Bonchev–Trinajstić information content (AvgIpc) is 3.60. The molecule has 60 heavy (non-hydrogen) atoms. The first kappa shape index (κ1) is 40.3. The second-order valence-electron chi connectivity index (χ2n) is 15.9. The number of carbonyl (C=O) groups is 2. The maximum absolute atomic E-state index is 13.7. The van der Waals surface area contributed by atoms with E-state index in [1.54, 1.807) is 29.7 Å². The number of nitrogens with zero attached hydrogens (tertiary/aromatic N) is 5. The van der Waals surface area contributed by atoms with Crippen LogP contribution in [0.25, 0.3) is 22.3 Å². The Labute approximate surface area is 346 Å². The van der Waals surface area contributed by atoms with Crippen molar-refractivity contribution in [3.63, 3.8) is 0 Å². The topological polar surface area (TPSA) is 208 Å². The fraction of sp³-hybridized carbons (Fsp3) is 0.356. The molecule has 3 aromatic carbocycles. The Bertz CT molecular complexity index is 2620. The fourth-order valence-corrected chi connectivity index (χ4v) is 8.70. The van der Waals surface area contributed by atoms with Crippen LogP contribution in [-0.4, -0.2) is 86.9 Å². The minimum atomic E-state index is -1.88. The summed E-state index contributed by atoms with van der Waals surface area (Å²) in [6.07, 6.45) is 0.789. The molecule has 1 atom stereocenters. The first-order chi connectivity index (χ1) is 28.7. The Morgan fingerprint density at radius 3 is 2.40 bits per heavy atom. The van der Waals surface area contributed by atoms with Gasteiger partial charge in [0.05, 0.1) is 40.3 Å². The van der Waals surface area contributed by atoms with Gasteiger partial charge in [0.15, 0.2) is 5.60 Å². The third-order valence-electron chi connectivity index (χ3n) is 12.1. The van der Waals surface area contributed by atoms with E-state index in [4.69, 9.17) is 25.6 Å². The molecule has 1 unspecified atom stereocenters. The number of phenols is 2. The molecule has 0 saturated carbocycles. The van der Waals surface area contributed by atoms with Gasteiger partial charge in [-0.25, -0.2) is 19.5 Å². The molecule has 6 N–H and O–H groups in total. The zero-order chi connectivity index (χ0) is 42.6. The van der Waals surface area contributed by atoms with Crippen LogP contribution in [0.15, 0.2) is 65.5 Å². The molecule has 8 rings (SSSR count). The van der Waals surface area contributed by atoms with Gasteiger partial charge in [0.25, 0.3) is 5.56 Å². The number of hydrogen-bond donors (Lipinski definition) is 5. The van der Waals surface area contributed by atoms with Crippen molar-refractivity contribution in [3.8, 4) is 28.6 Å². The van der Waals surface area contributed by atoms with Crippen molar-refractivity contribution in [2.24, 2.45) is 5.73 Å². The molecule has 0 aliphatic carbocycles. The molecule has 0 bridgehead atoms. The molecular formula is C45H49N7O8. The van der Waals surface area contributed by atoms with Crippen LogP contribution in [0.4, 0.5) is 16.2 Å². The highest BCUT2D eigenvalue weighted by Gasteiger charge is 2.45. The number of amides is 2. The van der Waals surface area contributed by atoms with Crippen LogP contribution in [0.1, 0.15) is 73.4 Å². The smallest absolute Gasteiger partial charge is 0.343 e. The molecule has 5 heterocycles. The number of benzene rings is 3. The van der Waals surface area contributed by atoms with Gasteiger partial charge >= 0.3 is 12.0 Å². The van der Waals surface area contributed by atoms with E-state index in [9.17, 15) is 29.7 Å². The molecule has 15 nitrogen and oxygen atoms in total. The first-order valence-electron chi connectivity index (χ1n) is 20.3. The van der Waals surface area contributed by atoms with Crippen molar-refractivity contribution in [1.29, 1.82) is 5.41 Å². The number of primary amides is 1. The van der Waals surface area contributed by atoms with Crippen molar-refractivity contribution in [2.45, 2.75) is 65.2 Å². The van der Waals surface area contributed by atoms with Crippen molar-refractivity contribution in [1.82, 2.24) is 14.5 Å². The zero-order valence-corrected chi connectivity index (χ0v) is 34.1. The van der Waals surface area contributed by atoms with Crippen LogP contribution in [-0.2, 0) is 34.7 Å². The number of esters is 1. The number of ether oxygens (including phenoxy) is 2. The third-order valence-corrected chi connectivity index (χ3v) is 12.1. The molecule has 0 radical (unpaired) electrons. The van der Waals surface area contributed by atoms with E-state index >= 15 is 0 Å². The summed E-state index contributed by atoms with van der Waals surface area (Å²) in [5.74, 6) is -0.809. The van der Waals surface area contributed by atoms with E-state index in [-0.39, 0.29) is 47.4 Å². The lowest BCUT2D eigenvalue weighted by molar-refractivity contribution is -0.172. The lowest BCUT2D eigenvalue weighted by atomic mass is 9.86. The van der Waals surface area contributed by atoms with Crippen molar-refractivity contribution in [2.75, 3.05) is 49.1 Å². The molecule has 1 saturated heterocycles. The average molecular weight is 816 g/mol. The highest BCUT2D eigenvalue weighted by Crippen LogP contribution is 2.41. The number of anilines is 2. The number of urea groups is 1. The number of piperazine rings is 1. The van der Waals surface area contributed by atoms with Crippen LogP contribution in [0.3, 0.4) is 0 Å². The fourth-order valence-electron chi connectivity index (χ4n) is 8.70. The van der Waals surface area contributed by atoms with E-state index in [2.05, 4.69) is 16.7 Å². The van der Waals surface area contributed by atoms with Crippen LogP contribution < -0.4 is 25.8 Å². The quantitative estimate of drug-likeness (QED) is 0.0682. The number of rotatable bonds is 10. The number of phenolic OH excluding ortho intramolecular Hbond substituents is 2. The maximum Gasteiger partial charge on any atom is 0.343 e. The molecule has 15 heteroatoms. The number of cyclic esters (lactones) is 1. The van der Waals surface area contributed by atoms with Crippen molar-refractivity contribution in [3.05, 3.63) is 104 Å². The van der Waals surface area contributed by atoms with Crippen molar-refractivity contribution < 1.29 is 34.4 Å². The predicted octanol–water partition coefficient (Wildman–Crippen LogP) is 5.29. The van der Waals surface area contributed by atoms with Crippen molar-refractivity contribution >= 4 is 40.1 Å². The van der Waals surface area contributed by atoms with Crippen LogP contribution >= 0.6 is 0 Å². The summed E-state index contributed by atoms with van der Waals surface area (Å²) in [6, 6.07) is 16.6. The molecule has 312 valence electrons. The number of aliphatic hydroxyl groups is 1. The Morgan fingerprint density at radius 2 is 1.73 bits per heavy atom. The second kappa shape index (κ2) is 15.6. The molecule has 0 spiro atoms. The third kappa shape index (κ3) is 6.86. The van der Waals surface area contributed by atoms with Gasteiger partial charge in [-0.05, 0) is 84.5 Å². The molecule has 5 aromatic rings. The number of carbonyl (C=O) groups excluding carboxylic acids is 2. The number of pyridine rings is 2. The number of hydrogen-bond acceptors (Lipinski definition) is 12. The van der Waals surface area contributed by atoms with Gasteiger partial charge in [0, 0.05) is 61.0 Å². The lowest BCUT2D eigenvalue weighted by Gasteiger charge is -2.36. The summed E-state index contributed by atoms with van der Waals surface area (Å²) in [7, 11) is 0. The molecule has 3 aliphatic rings. The Morgan fingerprint density at radius 1 is 1.00 bits per heavy atom. The van der Waals surface area contributed by atoms with Crippen LogP contribution in [0.2, 0.25) is 0 Å². The summed E-state index contributed by atoms with van der Waals surface area (Å²) in [5.41, 5.74) is 10.2. The van der Waals surface area contributed by atoms with Gasteiger partial charge in [0.2, 0.25) is 0 Å². The number of aromatic nitrogens is 2. The highest BCUT2D eigenvalue weighted by atomic mass is 16.6. The van der Waals surface area contributed by atoms with E-state index in [1.807, 2.05) is 44.2 Å². The zero-order valence-electron chi connectivity index (χ0n) is 34.1. The summed E-state index contributed by atoms with van der Waals surface area (Å²) in [4.78, 5) is 49.5. The molecule has 2 aromatic heterocycles. The van der Waals surface area contributed by atoms with Gasteiger partial charge in [-0.3, -0.25) is 15.1 Å². The first-order valence-corrected chi connectivity index (χ1v) is 20.3. The van der Waals surface area contributed by atoms with Crippen LogP contribution in [0.5, 0.6) is 17.2 Å². The minimum absolute atomic E-state index is 0.0769. The molecule has 2 amide bonds. The van der Waals surface area contributed by atoms with Gasteiger partial charge in [-0.15, -0.1) is 0 Å². The summed E-state index contributed by atoms with van der Waals surface area (Å²) in [5, 5.41) is 41.8. The van der Waals surface area contributed by atoms with E-state index < -0.39 is 17.6 Å². The summed E-state index contributed by atoms with van der Waals surface area (Å²) in [6.45, 7) is 12.1. The second-order valence-corrected chi connectivity index (χ2v) is 15.9. The van der Waals surface area contributed by atoms with E-state index in [1.165, 1.54) is 12.1 Å². The highest BCUT2D eigenvalue weighted by molar-refractivity contribution is 6.22. The van der Waals surface area contributed by atoms with E-state index in [0.29, 0.717) is 53.3 Å². The van der Waals surface area contributed by atoms with Gasteiger partial charge in [-0.2, -0.15) is 0 Å². The molecule has 3 aliphatic heterocycles. The maximum atomic E-state index is 13.7. The largest absolute Gasteiger partial charge is 0.508 e. The number of aromatic hydroxyl groups is 2. The van der Waals surface area contributed by atoms with Crippen LogP contribution in [0, 0.1) is 5.41 Å². The SMILES string of the molecule is CCc1c2c(nc3ccc(OCCN4CCN(c5ccc(N(C(=N)c6cc(C(C)C)c(O)cc6O)C(N)=O)cc5)CC4)cc13)-c1cc3c(c(=O)n1C2)COC(=O)C3(O)CC. The monoisotopic (exact) mass is 815 g/mol. The molecule has 1 fully saturated rings. The predicted molar refractivity (Wildman–Crippen MR) is 227 cm³/mol. The Balaban J connectivity index is 0.903. The van der Waals surface area contributed by atoms with Gasteiger partial charge in [0.1, 0.15) is 36.3 Å². The number of nitrogens with two attached hydrogens (primary N) is 1. The number of amidine groups is 1.